The number of aliphatic hydroxyl groups is 1. The molecule has 0 bridgehead atoms. The van der Waals surface area contributed by atoms with E-state index in [0.29, 0.717) is 12.8 Å². The maximum Gasteiger partial charge on any atom is 0.126 e. The molecule has 0 spiro atoms. The first kappa shape index (κ1) is 20.0. The Morgan fingerprint density at radius 2 is 1.97 bits per heavy atom. The minimum Gasteiger partial charge on any atom is -0.496 e. The summed E-state index contributed by atoms with van der Waals surface area (Å²) in [6.45, 7) is 3.27. The molecule has 5 heteroatoms. The maximum absolute atomic E-state index is 11.0. The van der Waals surface area contributed by atoms with E-state index in [2.05, 4.69) is 40.2 Å². The van der Waals surface area contributed by atoms with Crippen LogP contribution in [0.15, 0.2) is 60.8 Å². The molecule has 3 heterocycles. The molecular weight excluding hydrogens is 388 g/mol. The molecule has 0 amide bonds. The molecule has 5 nitrogen and oxygen atoms in total. The average Bonchev–Trinajstić information content (AvgIpc) is 3.29. The molecule has 0 atom stereocenters. The number of hydrogen-bond acceptors (Lipinski definition) is 5. The Kier molecular flexibility index (Phi) is 5.38. The Morgan fingerprint density at radius 1 is 1.10 bits per heavy atom. The molecule has 1 saturated heterocycles. The topological polar surface area (TPSA) is 54.8 Å². The second-order valence-electron chi connectivity index (χ2n) is 8.48. The lowest BCUT2D eigenvalue weighted by atomic mass is 9.87. The van der Waals surface area contributed by atoms with Crippen molar-refractivity contribution in [2.75, 3.05) is 26.8 Å². The van der Waals surface area contributed by atoms with Gasteiger partial charge < -0.3 is 14.6 Å². The van der Waals surface area contributed by atoms with Crippen LogP contribution in [0.5, 0.6) is 11.5 Å². The first-order valence-corrected chi connectivity index (χ1v) is 10.9. The SMILES string of the molecule is COc1ccc(CN2CCC(O)(c3ccccn3)CC2)cc1-c1ccc2c(c1)OCC2. The third-order valence-electron chi connectivity index (χ3n) is 6.50. The van der Waals surface area contributed by atoms with Crippen molar-refractivity contribution in [2.24, 2.45) is 0 Å². The lowest BCUT2D eigenvalue weighted by molar-refractivity contribution is -0.0311. The summed E-state index contributed by atoms with van der Waals surface area (Å²) < 4.78 is 11.4. The number of hydrogen-bond donors (Lipinski definition) is 1. The van der Waals surface area contributed by atoms with E-state index in [1.54, 1.807) is 13.3 Å². The Hall–Kier alpha value is -2.89. The van der Waals surface area contributed by atoms with Gasteiger partial charge in [-0.25, -0.2) is 0 Å². The molecule has 1 N–H and O–H groups in total. The fourth-order valence-electron chi connectivity index (χ4n) is 4.65. The van der Waals surface area contributed by atoms with Crippen LogP contribution >= 0.6 is 0 Å². The molecule has 1 aromatic heterocycles. The molecule has 0 saturated carbocycles. The third-order valence-corrected chi connectivity index (χ3v) is 6.50. The van der Waals surface area contributed by atoms with Crippen molar-refractivity contribution in [3.05, 3.63) is 77.6 Å². The lowest BCUT2D eigenvalue weighted by Gasteiger charge is -2.37. The molecule has 31 heavy (non-hydrogen) atoms. The zero-order valence-corrected chi connectivity index (χ0v) is 17.9. The van der Waals surface area contributed by atoms with Crippen molar-refractivity contribution in [1.82, 2.24) is 9.88 Å². The van der Waals surface area contributed by atoms with E-state index in [1.807, 2.05) is 24.3 Å². The van der Waals surface area contributed by atoms with Gasteiger partial charge in [-0.1, -0.05) is 24.3 Å². The highest BCUT2D eigenvalue weighted by Crippen LogP contribution is 2.37. The molecule has 2 aliphatic heterocycles. The predicted octanol–water partition coefficient (Wildman–Crippen LogP) is 4.18. The summed E-state index contributed by atoms with van der Waals surface area (Å²) in [5, 5.41) is 11.0. The van der Waals surface area contributed by atoms with Gasteiger partial charge in [-0.15, -0.1) is 0 Å². The lowest BCUT2D eigenvalue weighted by Crippen LogP contribution is -2.42. The summed E-state index contributed by atoms with van der Waals surface area (Å²) in [4.78, 5) is 6.78. The first-order chi connectivity index (χ1) is 15.1. The van der Waals surface area contributed by atoms with Gasteiger partial charge in [0.25, 0.3) is 0 Å². The fraction of sp³-hybridized carbons (Fsp3) is 0.346. The largest absolute Gasteiger partial charge is 0.496 e. The van der Waals surface area contributed by atoms with E-state index in [9.17, 15) is 5.11 Å². The van der Waals surface area contributed by atoms with Crippen LogP contribution in [0.4, 0.5) is 0 Å². The highest BCUT2D eigenvalue weighted by Gasteiger charge is 2.35. The van der Waals surface area contributed by atoms with Crippen molar-refractivity contribution < 1.29 is 14.6 Å². The second kappa shape index (κ2) is 8.33. The van der Waals surface area contributed by atoms with Crippen LogP contribution in [0, 0.1) is 0 Å². The minimum absolute atomic E-state index is 0.690. The minimum atomic E-state index is -0.826. The van der Waals surface area contributed by atoms with Gasteiger partial charge in [0.15, 0.2) is 0 Å². The van der Waals surface area contributed by atoms with E-state index in [-0.39, 0.29) is 0 Å². The van der Waals surface area contributed by atoms with Gasteiger partial charge in [-0.05, 0) is 59.9 Å². The highest BCUT2D eigenvalue weighted by molar-refractivity contribution is 5.73. The summed E-state index contributed by atoms with van der Waals surface area (Å²) in [6.07, 6.45) is 4.11. The zero-order chi connectivity index (χ0) is 21.3. The monoisotopic (exact) mass is 416 g/mol. The van der Waals surface area contributed by atoms with Crippen LogP contribution in [0.3, 0.4) is 0 Å². The quantitative estimate of drug-likeness (QED) is 0.676. The summed E-state index contributed by atoms with van der Waals surface area (Å²) in [5.74, 6) is 1.85. The molecule has 0 aliphatic carbocycles. The molecular formula is C26H28N2O3. The van der Waals surface area contributed by atoms with Crippen LogP contribution in [-0.4, -0.2) is 41.8 Å². The zero-order valence-electron chi connectivity index (χ0n) is 17.9. The van der Waals surface area contributed by atoms with Crippen LogP contribution in [0.25, 0.3) is 11.1 Å². The smallest absolute Gasteiger partial charge is 0.126 e. The number of nitrogens with zero attached hydrogens (tertiary/aromatic N) is 2. The molecule has 5 rings (SSSR count). The van der Waals surface area contributed by atoms with Crippen molar-refractivity contribution in [3.8, 4) is 22.6 Å². The van der Waals surface area contributed by atoms with Gasteiger partial charge >= 0.3 is 0 Å². The fourth-order valence-corrected chi connectivity index (χ4v) is 4.65. The summed E-state index contributed by atoms with van der Waals surface area (Å²) >= 11 is 0. The molecule has 0 unspecified atom stereocenters. The number of likely N-dealkylation sites (tertiary alicyclic amines) is 1. The Morgan fingerprint density at radius 3 is 2.74 bits per heavy atom. The van der Waals surface area contributed by atoms with Crippen molar-refractivity contribution >= 4 is 0 Å². The number of fused-ring (bicyclic) bond motifs is 1. The number of piperidine rings is 1. The van der Waals surface area contributed by atoms with E-state index < -0.39 is 5.60 Å². The predicted molar refractivity (Wildman–Crippen MR) is 120 cm³/mol. The number of benzene rings is 2. The van der Waals surface area contributed by atoms with E-state index in [1.165, 1.54) is 11.1 Å². The summed E-state index contributed by atoms with van der Waals surface area (Å²) in [5.41, 5.74) is 4.66. The Balaban J connectivity index is 1.32. The van der Waals surface area contributed by atoms with E-state index in [0.717, 1.165) is 61.0 Å². The Bertz CT molecular complexity index is 1060. The van der Waals surface area contributed by atoms with Gasteiger partial charge in [-0.2, -0.15) is 0 Å². The van der Waals surface area contributed by atoms with Gasteiger partial charge in [0.05, 0.1) is 19.4 Å². The van der Waals surface area contributed by atoms with Crippen LogP contribution in [0.1, 0.15) is 29.7 Å². The molecule has 1 fully saturated rings. The maximum atomic E-state index is 11.0. The molecule has 2 aromatic carbocycles. The molecule has 3 aromatic rings. The molecule has 2 aliphatic rings. The van der Waals surface area contributed by atoms with Crippen LogP contribution < -0.4 is 9.47 Å². The van der Waals surface area contributed by atoms with Crippen molar-refractivity contribution in [3.63, 3.8) is 0 Å². The van der Waals surface area contributed by atoms with Gasteiger partial charge in [0, 0.05) is 37.8 Å². The van der Waals surface area contributed by atoms with Crippen molar-refractivity contribution in [1.29, 1.82) is 0 Å². The number of pyridine rings is 1. The normalized spacial score (nSPS) is 17.7. The highest BCUT2D eigenvalue weighted by atomic mass is 16.5. The first-order valence-electron chi connectivity index (χ1n) is 10.9. The standard InChI is InChI=1S/C26H28N2O3/c1-30-23-8-5-19(16-22(23)21-7-6-20-9-15-31-24(20)17-21)18-28-13-10-26(29,11-14-28)25-4-2-3-12-27-25/h2-8,12,16-17,29H,9-11,13-15,18H2,1H3. The summed E-state index contributed by atoms with van der Waals surface area (Å²) in [6, 6.07) is 18.6. The van der Waals surface area contributed by atoms with Crippen LogP contribution in [0.2, 0.25) is 0 Å². The number of ether oxygens (including phenoxy) is 2. The molecule has 160 valence electrons. The Labute approximate surface area is 183 Å². The van der Waals surface area contributed by atoms with Crippen molar-refractivity contribution in [2.45, 2.75) is 31.4 Å². The van der Waals surface area contributed by atoms with Crippen LogP contribution in [-0.2, 0) is 18.6 Å². The van der Waals surface area contributed by atoms with E-state index in [4.69, 9.17) is 9.47 Å². The number of rotatable bonds is 5. The number of aromatic nitrogens is 1. The van der Waals surface area contributed by atoms with E-state index >= 15 is 0 Å². The third kappa shape index (κ3) is 4.03. The molecule has 0 radical (unpaired) electrons. The van der Waals surface area contributed by atoms with Gasteiger partial charge in [0.2, 0.25) is 0 Å². The summed E-state index contributed by atoms with van der Waals surface area (Å²) in [7, 11) is 1.71. The van der Waals surface area contributed by atoms with Gasteiger partial charge in [0.1, 0.15) is 17.1 Å². The van der Waals surface area contributed by atoms with Gasteiger partial charge in [-0.3, -0.25) is 9.88 Å². The second-order valence-corrected chi connectivity index (χ2v) is 8.48. The average molecular weight is 417 g/mol. The number of methoxy groups -OCH3 is 1.